The molecule has 0 fully saturated rings. The minimum atomic E-state index is 0.531. The maximum absolute atomic E-state index is 5.51. The van der Waals surface area contributed by atoms with Crippen LogP contribution in [0.25, 0.3) is 0 Å². The van der Waals surface area contributed by atoms with Crippen LogP contribution in [0.1, 0.15) is 38.2 Å². The third-order valence-corrected chi connectivity index (χ3v) is 2.21. The van der Waals surface area contributed by atoms with Crippen molar-refractivity contribution >= 4 is 0 Å². The Morgan fingerprint density at radius 1 is 1.18 bits per heavy atom. The van der Waals surface area contributed by atoms with Gasteiger partial charge in [-0.15, -0.1) is 0 Å². The predicted octanol–water partition coefficient (Wildman–Crippen LogP) is 3.35. The van der Waals surface area contributed by atoms with Gasteiger partial charge in [0.1, 0.15) is 11.5 Å². The molecule has 1 atom stereocenters. The average Bonchev–Trinajstić information content (AvgIpc) is 2.34. The van der Waals surface area contributed by atoms with Crippen LogP contribution in [-0.2, 0) is 0 Å². The monoisotopic (exact) mass is 152 g/mol. The first-order valence-electron chi connectivity index (χ1n) is 4.17. The van der Waals surface area contributed by atoms with E-state index in [4.69, 9.17) is 4.42 Å². The SMILES string of the molecule is Cc1ccc([C@@H](C)C(C)C)o1. The molecule has 0 aliphatic carbocycles. The van der Waals surface area contributed by atoms with Crippen molar-refractivity contribution in [1.82, 2.24) is 0 Å². The topological polar surface area (TPSA) is 13.1 Å². The van der Waals surface area contributed by atoms with Gasteiger partial charge in [0.25, 0.3) is 0 Å². The van der Waals surface area contributed by atoms with E-state index in [0.29, 0.717) is 11.8 Å². The van der Waals surface area contributed by atoms with Crippen LogP contribution in [0.15, 0.2) is 16.5 Å². The van der Waals surface area contributed by atoms with Gasteiger partial charge in [0.15, 0.2) is 0 Å². The second-order valence-electron chi connectivity index (χ2n) is 3.48. The fourth-order valence-electron chi connectivity index (χ4n) is 1.03. The summed E-state index contributed by atoms with van der Waals surface area (Å²) >= 11 is 0. The molecular formula is C10H16O. The molecule has 0 aromatic carbocycles. The normalized spacial score (nSPS) is 13.9. The lowest BCUT2D eigenvalue weighted by atomic mass is 9.96. The Hall–Kier alpha value is -0.720. The van der Waals surface area contributed by atoms with Gasteiger partial charge in [-0.05, 0) is 25.0 Å². The van der Waals surface area contributed by atoms with Gasteiger partial charge in [0.05, 0.1) is 0 Å². The Morgan fingerprint density at radius 2 is 1.82 bits per heavy atom. The van der Waals surface area contributed by atoms with Gasteiger partial charge in [-0.2, -0.15) is 0 Å². The molecule has 0 spiro atoms. The molecule has 0 N–H and O–H groups in total. The number of aryl methyl sites for hydroxylation is 1. The van der Waals surface area contributed by atoms with E-state index in [1.807, 2.05) is 13.0 Å². The molecule has 1 aromatic heterocycles. The maximum Gasteiger partial charge on any atom is 0.107 e. The number of hydrogen-bond donors (Lipinski definition) is 0. The summed E-state index contributed by atoms with van der Waals surface area (Å²) in [6.07, 6.45) is 0. The smallest absolute Gasteiger partial charge is 0.107 e. The number of furan rings is 1. The van der Waals surface area contributed by atoms with Gasteiger partial charge < -0.3 is 4.42 Å². The molecule has 0 aliphatic rings. The summed E-state index contributed by atoms with van der Waals surface area (Å²) in [5, 5.41) is 0. The van der Waals surface area contributed by atoms with Gasteiger partial charge in [-0.1, -0.05) is 20.8 Å². The van der Waals surface area contributed by atoms with Crippen molar-refractivity contribution < 1.29 is 4.42 Å². The highest BCUT2D eigenvalue weighted by Crippen LogP contribution is 2.24. The zero-order chi connectivity index (χ0) is 8.43. The Labute approximate surface area is 68.4 Å². The van der Waals surface area contributed by atoms with Gasteiger partial charge in [-0.25, -0.2) is 0 Å². The van der Waals surface area contributed by atoms with Crippen LogP contribution in [0.2, 0.25) is 0 Å². The largest absolute Gasteiger partial charge is 0.466 e. The fraction of sp³-hybridized carbons (Fsp3) is 0.600. The molecule has 0 aliphatic heterocycles. The zero-order valence-corrected chi connectivity index (χ0v) is 7.72. The van der Waals surface area contributed by atoms with E-state index in [1.54, 1.807) is 0 Å². The summed E-state index contributed by atoms with van der Waals surface area (Å²) in [7, 11) is 0. The van der Waals surface area contributed by atoms with Crippen molar-refractivity contribution in [2.24, 2.45) is 5.92 Å². The summed E-state index contributed by atoms with van der Waals surface area (Å²) in [4.78, 5) is 0. The second kappa shape index (κ2) is 3.12. The quantitative estimate of drug-likeness (QED) is 0.633. The van der Waals surface area contributed by atoms with E-state index in [9.17, 15) is 0 Å². The second-order valence-corrected chi connectivity index (χ2v) is 3.48. The van der Waals surface area contributed by atoms with Crippen LogP contribution in [0.5, 0.6) is 0 Å². The lowest BCUT2D eigenvalue weighted by Gasteiger charge is -2.11. The molecule has 1 heterocycles. The van der Waals surface area contributed by atoms with Gasteiger partial charge in [0, 0.05) is 5.92 Å². The predicted molar refractivity (Wildman–Crippen MR) is 46.7 cm³/mol. The number of rotatable bonds is 2. The van der Waals surface area contributed by atoms with Gasteiger partial charge >= 0.3 is 0 Å². The lowest BCUT2D eigenvalue weighted by molar-refractivity contribution is 0.402. The van der Waals surface area contributed by atoms with Gasteiger partial charge in [0.2, 0.25) is 0 Å². The molecular weight excluding hydrogens is 136 g/mol. The Kier molecular flexibility index (Phi) is 2.38. The molecule has 0 unspecified atom stereocenters. The first-order valence-corrected chi connectivity index (χ1v) is 4.17. The average molecular weight is 152 g/mol. The van der Waals surface area contributed by atoms with E-state index >= 15 is 0 Å². The number of hydrogen-bond acceptors (Lipinski definition) is 1. The van der Waals surface area contributed by atoms with Crippen molar-refractivity contribution in [1.29, 1.82) is 0 Å². The molecule has 1 aromatic rings. The Morgan fingerprint density at radius 3 is 2.18 bits per heavy atom. The summed E-state index contributed by atoms with van der Waals surface area (Å²) in [5.41, 5.74) is 0. The minimum Gasteiger partial charge on any atom is -0.466 e. The summed E-state index contributed by atoms with van der Waals surface area (Å²) in [5.74, 6) is 3.30. The highest BCUT2D eigenvalue weighted by atomic mass is 16.3. The van der Waals surface area contributed by atoms with Crippen molar-refractivity contribution in [3.8, 4) is 0 Å². The van der Waals surface area contributed by atoms with Crippen LogP contribution < -0.4 is 0 Å². The first kappa shape index (κ1) is 8.38. The molecule has 0 bridgehead atoms. The van der Waals surface area contributed by atoms with E-state index in [-0.39, 0.29) is 0 Å². The standard InChI is InChI=1S/C10H16O/c1-7(2)9(4)10-6-5-8(3)11-10/h5-7,9H,1-4H3/t9-/m0/s1. The molecule has 0 amide bonds. The molecule has 1 nitrogen and oxygen atoms in total. The van der Waals surface area contributed by atoms with Crippen LogP contribution in [0, 0.1) is 12.8 Å². The van der Waals surface area contributed by atoms with Crippen molar-refractivity contribution in [2.75, 3.05) is 0 Å². The molecule has 11 heavy (non-hydrogen) atoms. The van der Waals surface area contributed by atoms with Crippen molar-refractivity contribution in [3.05, 3.63) is 23.7 Å². The van der Waals surface area contributed by atoms with Crippen LogP contribution in [0.3, 0.4) is 0 Å². The third kappa shape index (κ3) is 1.86. The molecule has 0 saturated heterocycles. The summed E-state index contributed by atoms with van der Waals surface area (Å²) in [6, 6.07) is 4.09. The van der Waals surface area contributed by atoms with E-state index in [0.717, 1.165) is 11.5 Å². The molecule has 62 valence electrons. The highest BCUT2D eigenvalue weighted by Gasteiger charge is 2.12. The van der Waals surface area contributed by atoms with Gasteiger partial charge in [-0.3, -0.25) is 0 Å². The van der Waals surface area contributed by atoms with E-state index < -0.39 is 0 Å². The van der Waals surface area contributed by atoms with Crippen molar-refractivity contribution in [2.45, 2.75) is 33.6 Å². The van der Waals surface area contributed by atoms with Crippen LogP contribution in [0.4, 0.5) is 0 Å². The molecule has 1 rings (SSSR count). The zero-order valence-electron chi connectivity index (χ0n) is 7.72. The van der Waals surface area contributed by atoms with Crippen LogP contribution >= 0.6 is 0 Å². The van der Waals surface area contributed by atoms with Crippen molar-refractivity contribution in [3.63, 3.8) is 0 Å². The lowest BCUT2D eigenvalue weighted by Crippen LogP contribution is -1.99. The molecule has 0 radical (unpaired) electrons. The minimum absolute atomic E-state index is 0.531. The Balaban J connectivity index is 2.76. The molecule has 1 heteroatoms. The van der Waals surface area contributed by atoms with E-state index in [1.165, 1.54) is 0 Å². The Bertz CT molecular complexity index is 223. The first-order chi connectivity index (χ1) is 5.11. The van der Waals surface area contributed by atoms with Crippen LogP contribution in [-0.4, -0.2) is 0 Å². The van der Waals surface area contributed by atoms with E-state index in [2.05, 4.69) is 26.8 Å². The summed E-state index contributed by atoms with van der Waals surface area (Å²) < 4.78 is 5.51. The highest BCUT2D eigenvalue weighted by molar-refractivity contribution is 5.09. The maximum atomic E-state index is 5.51. The summed E-state index contributed by atoms with van der Waals surface area (Å²) in [6.45, 7) is 8.60. The fourth-order valence-corrected chi connectivity index (χ4v) is 1.03. The third-order valence-electron chi connectivity index (χ3n) is 2.21. The molecule has 0 saturated carbocycles.